The predicted octanol–water partition coefficient (Wildman–Crippen LogP) is 2.05. The maximum atomic E-state index is 9.10. The first-order chi connectivity index (χ1) is 10.1. The lowest BCUT2D eigenvalue weighted by Gasteiger charge is -2.12. The van der Waals surface area contributed by atoms with Crippen LogP contribution in [0.5, 0.6) is 11.5 Å². The Balaban J connectivity index is 2.07. The largest absolute Gasteiger partial charge is 0.493 e. The number of rotatable bonds is 6. The summed E-state index contributed by atoms with van der Waals surface area (Å²) in [5, 5.41) is 16.4. The number of aliphatic hydroxyl groups excluding tert-OH is 1. The molecule has 2 aromatic carbocycles. The molecule has 0 fully saturated rings. The molecule has 0 amide bonds. The Morgan fingerprint density at radius 3 is 2.33 bits per heavy atom. The molecule has 0 aliphatic heterocycles. The number of nitrogens with one attached hydrogen (secondary N) is 1. The fourth-order valence-corrected chi connectivity index (χ4v) is 1.87. The van der Waals surface area contributed by atoms with Crippen molar-refractivity contribution < 1.29 is 14.6 Å². The van der Waals surface area contributed by atoms with Crippen molar-refractivity contribution in [3.63, 3.8) is 0 Å². The van der Waals surface area contributed by atoms with Gasteiger partial charge in [-0.1, -0.05) is 30.3 Å². The van der Waals surface area contributed by atoms with Gasteiger partial charge in [0.25, 0.3) is 0 Å². The molecule has 5 nitrogen and oxygen atoms in total. The lowest BCUT2D eigenvalue weighted by Crippen LogP contribution is -2.10. The fourth-order valence-electron chi connectivity index (χ4n) is 1.87. The average molecular weight is 286 g/mol. The van der Waals surface area contributed by atoms with E-state index in [-0.39, 0.29) is 12.4 Å². The molecule has 0 saturated heterocycles. The van der Waals surface area contributed by atoms with Crippen LogP contribution in [-0.4, -0.2) is 18.1 Å². The highest BCUT2D eigenvalue weighted by Crippen LogP contribution is 2.28. The molecule has 0 heterocycles. The number of aliphatic hydroxyl groups is 1. The van der Waals surface area contributed by atoms with E-state index in [1.54, 1.807) is 37.4 Å². The molecular weight excluding hydrogens is 268 g/mol. The van der Waals surface area contributed by atoms with Crippen LogP contribution < -0.4 is 15.2 Å². The summed E-state index contributed by atoms with van der Waals surface area (Å²) >= 11 is 0. The minimum Gasteiger partial charge on any atom is -0.493 e. The Kier molecular flexibility index (Phi) is 4.79. The Hall–Kier alpha value is -2.53. The number of hydrogen-bond acceptors (Lipinski definition) is 4. The molecule has 21 heavy (non-hydrogen) atoms. The molecular formula is C16H18N2O3. The summed E-state index contributed by atoms with van der Waals surface area (Å²) < 4.78 is 11.0. The molecule has 0 atom stereocenters. The van der Waals surface area contributed by atoms with Gasteiger partial charge in [-0.05, 0) is 23.3 Å². The summed E-state index contributed by atoms with van der Waals surface area (Å²) in [7, 11) is 1.56. The van der Waals surface area contributed by atoms with Crippen molar-refractivity contribution in [3.05, 3.63) is 59.2 Å². The number of ether oxygens (including phenoxy) is 2. The summed E-state index contributed by atoms with van der Waals surface area (Å²) in [6, 6.07) is 12.6. The van der Waals surface area contributed by atoms with Gasteiger partial charge in [0, 0.05) is 5.56 Å². The molecule has 2 rings (SSSR count). The number of hydrogen-bond donors (Lipinski definition) is 3. The first-order valence-electron chi connectivity index (χ1n) is 6.48. The zero-order chi connectivity index (χ0) is 15.2. The van der Waals surface area contributed by atoms with Gasteiger partial charge < -0.3 is 20.3 Å². The van der Waals surface area contributed by atoms with Gasteiger partial charge in [-0.2, -0.15) is 0 Å². The summed E-state index contributed by atoms with van der Waals surface area (Å²) in [6.45, 7) is 0.343. The lowest BCUT2D eigenvalue weighted by atomic mass is 10.1. The van der Waals surface area contributed by atoms with E-state index in [1.807, 2.05) is 12.1 Å². The van der Waals surface area contributed by atoms with Crippen molar-refractivity contribution in [1.29, 1.82) is 5.41 Å². The zero-order valence-corrected chi connectivity index (χ0v) is 11.8. The van der Waals surface area contributed by atoms with Crippen LogP contribution in [0.15, 0.2) is 42.5 Å². The van der Waals surface area contributed by atoms with E-state index in [0.717, 1.165) is 11.1 Å². The number of nitrogens with two attached hydrogens (primary N) is 1. The Morgan fingerprint density at radius 1 is 1.10 bits per heavy atom. The van der Waals surface area contributed by atoms with E-state index in [4.69, 9.17) is 25.7 Å². The molecule has 0 spiro atoms. The van der Waals surface area contributed by atoms with Gasteiger partial charge in [-0.3, -0.25) is 5.41 Å². The molecule has 0 aliphatic rings. The number of amidine groups is 1. The third-order valence-corrected chi connectivity index (χ3v) is 3.07. The van der Waals surface area contributed by atoms with Gasteiger partial charge >= 0.3 is 0 Å². The monoisotopic (exact) mass is 286 g/mol. The van der Waals surface area contributed by atoms with Crippen molar-refractivity contribution >= 4 is 5.84 Å². The minimum absolute atomic E-state index is 0.0385. The highest BCUT2D eigenvalue weighted by atomic mass is 16.5. The highest BCUT2D eigenvalue weighted by molar-refractivity contribution is 5.94. The van der Waals surface area contributed by atoms with Crippen molar-refractivity contribution in [2.75, 3.05) is 7.11 Å². The van der Waals surface area contributed by atoms with Crippen LogP contribution in [0.4, 0.5) is 0 Å². The van der Waals surface area contributed by atoms with E-state index in [1.165, 1.54) is 0 Å². The quantitative estimate of drug-likeness (QED) is 0.560. The lowest BCUT2D eigenvalue weighted by molar-refractivity contribution is 0.274. The van der Waals surface area contributed by atoms with Gasteiger partial charge in [-0.15, -0.1) is 0 Å². The topological polar surface area (TPSA) is 88.6 Å². The van der Waals surface area contributed by atoms with Gasteiger partial charge in [-0.25, -0.2) is 0 Å². The molecule has 0 saturated carbocycles. The molecule has 0 radical (unpaired) electrons. The SMILES string of the molecule is COc1cc(CO)ccc1OCc1ccc(C(=N)N)cc1. The Bertz CT molecular complexity index is 624. The zero-order valence-electron chi connectivity index (χ0n) is 11.8. The third kappa shape index (κ3) is 3.73. The second kappa shape index (κ2) is 6.76. The van der Waals surface area contributed by atoms with Crippen molar-refractivity contribution in [3.8, 4) is 11.5 Å². The van der Waals surface area contributed by atoms with Crippen LogP contribution in [0, 0.1) is 5.41 Å². The Labute approximate surface area is 123 Å². The minimum atomic E-state index is -0.0385. The van der Waals surface area contributed by atoms with Gasteiger partial charge in [0.15, 0.2) is 11.5 Å². The second-order valence-corrected chi connectivity index (χ2v) is 4.54. The van der Waals surface area contributed by atoms with E-state index < -0.39 is 0 Å². The maximum Gasteiger partial charge on any atom is 0.161 e. The first kappa shape index (κ1) is 14.9. The third-order valence-electron chi connectivity index (χ3n) is 3.07. The first-order valence-corrected chi connectivity index (χ1v) is 6.48. The van der Waals surface area contributed by atoms with Gasteiger partial charge in [0.05, 0.1) is 13.7 Å². The van der Waals surface area contributed by atoms with Crippen LogP contribution in [0.2, 0.25) is 0 Å². The van der Waals surface area contributed by atoms with Crippen LogP contribution in [0.3, 0.4) is 0 Å². The summed E-state index contributed by atoms with van der Waals surface area (Å²) in [5.41, 5.74) is 7.83. The molecule has 2 aromatic rings. The molecule has 5 heteroatoms. The van der Waals surface area contributed by atoms with Gasteiger partial charge in [0.2, 0.25) is 0 Å². The second-order valence-electron chi connectivity index (χ2n) is 4.54. The van der Waals surface area contributed by atoms with E-state index in [0.29, 0.717) is 23.7 Å². The highest BCUT2D eigenvalue weighted by Gasteiger charge is 2.06. The average Bonchev–Trinajstić information content (AvgIpc) is 2.53. The van der Waals surface area contributed by atoms with E-state index >= 15 is 0 Å². The molecule has 4 N–H and O–H groups in total. The van der Waals surface area contributed by atoms with Crippen LogP contribution >= 0.6 is 0 Å². The number of methoxy groups -OCH3 is 1. The van der Waals surface area contributed by atoms with Crippen molar-refractivity contribution in [2.24, 2.45) is 5.73 Å². The van der Waals surface area contributed by atoms with Crippen molar-refractivity contribution in [1.82, 2.24) is 0 Å². The maximum absolute atomic E-state index is 9.10. The number of benzene rings is 2. The Morgan fingerprint density at radius 2 is 1.76 bits per heavy atom. The summed E-state index contributed by atoms with van der Waals surface area (Å²) in [6.07, 6.45) is 0. The van der Waals surface area contributed by atoms with Crippen LogP contribution in [0.25, 0.3) is 0 Å². The van der Waals surface area contributed by atoms with Gasteiger partial charge in [0.1, 0.15) is 12.4 Å². The standard InChI is InChI=1S/C16H18N2O3/c1-20-15-8-12(9-19)4-7-14(15)21-10-11-2-5-13(6-3-11)16(17)18/h2-8,19H,9-10H2,1H3,(H3,17,18). The van der Waals surface area contributed by atoms with E-state index in [9.17, 15) is 0 Å². The normalized spacial score (nSPS) is 10.2. The molecule has 0 aliphatic carbocycles. The van der Waals surface area contributed by atoms with Crippen LogP contribution in [-0.2, 0) is 13.2 Å². The molecule has 0 unspecified atom stereocenters. The summed E-state index contributed by atoms with van der Waals surface area (Å²) in [4.78, 5) is 0. The van der Waals surface area contributed by atoms with E-state index in [2.05, 4.69) is 0 Å². The fraction of sp³-hybridized carbons (Fsp3) is 0.188. The predicted molar refractivity (Wildman–Crippen MR) is 80.7 cm³/mol. The molecule has 0 bridgehead atoms. The molecule has 0 aromatic heterocycles. The summed E-state index contributed by atoms with van der Waals surface area (Å²) in [5.74, 6) is 1.25. The molecule has 110 valence electrons. The van der Waals surface area contributed by atoms with Crippen molar-refractivity contribution in [2.45, 2.75) is 13.2 Å². The van der Waals surface area contributed by atoms with Crippen LogP contribution in [0.1, 0.15) is 16.7 Å². The number of nitrogen functional groups attached to an aromatic ring is 1. The smallest absolute Gasteiger partial charge is 0.161 e.